The van der Waals surface area contributed by atoms with Gasteiger partial charge in [-0.05, 0) is 37.5 Å². The summed E-state index contributed by atoms with van der Waals surface area (Å²) in [6, 6.07) is 13.1. The molecule has 178 valence electrons. The molecule has 2 amide bonds. The number of anilines is 1. The summed E-state index contributed by atoms with van der Waals surface area (Å²) in [6.07, 6.45) is 0.752. The second-order valence-corrected chi connectivity index (χ2v) is 8.81. The molecule has 2 heterocycles. The van der Waals surface area contributed by atoms with Crippen LogP contribution in [0.5, 0.6) is 0 Å². The molecule has 0 atom stereocenters. The molecule has 1 fully saturated rings. The molecule has 0 aliphatic carbocycles. The van der Waals surface area contributed by atoms with Crippen LogP contribution in [0.3, 0.4) is 0 Å². The standard InChI is InChI=1S/C26H31N5O3/c1-4-12-31-25(33)21-11-6-5-10-20(21)24(28-31)26(34)30-15-13-29(14-16-30)17-22(32)27-23-18(2)8-7-9-19(23)3/h5-11H,4,12-17H2,1-3H3,(H,27,32). The lowest BCUT2D eigenvalue weighted by Gasteiger charge is -2.34. The van der Waals surface area contributed by atoms with Crippen molar-refractivity contribution in [1.29, 1.82) is 0 Å². The third-order valence-electron chi connectivity index (χ3n) is 6.28. The molecule has 2 aromatic carbocycles. The zero-order valence-corrected chi connectivity index (χ0v) is 20.0. The molecule has 1 aliphatic heterocycles. The van der Waals surface area contributed by atoms with Crippen LogP contribution < -0.4 is 10.9 Å². The minimum atomic E-state index is -0.180. The Kier molecular flexibility index (Phi) is 7.07. The van der Waals surface area contributed by atoms with Gasteiger partial charge in [-0.3, -0.25) is 19.3 Å². The Morgan fingerprint density at radius 2 is 1.59 bits per heavy atom. The Balaban J connectivity index is 1.43. The Labute approximate surface area is 199 Å². The molecule has 0 radical (unpaired) electrons. The molecule has 8 heteroatoms. The SMILES string of the molecule is CCCn1nc(C(=O)N2CCN(CC(=O)Nc3c(C)cccc3C)CC2)c2ccccc2c1=O. The lowest BCUT2D eigenvalue weighted by molar-refractivity contribution is -0.117. The van der Waals surface area contributed by atoms with E-state index in [0.717, 1.165) is 23.2 Å². The number of carbonyl (C=O) groups excluding carboxylic acids is 2. The van der Waals surface area contributed by atoms with Crippen LogP contribution in [0.1, 0.15) is 35.0 Å². The minimum absolute atomic E-state index is 0.0588. The van der Waals surface area contributed by atoms with Gasteiger partial charge in [0.1, 0.15) is 0 Å². The minimum Gasteiger partial charge on any atom is -0.335 e. The maximum atomic E-state index is 13.4. The van der Waals surface area contributed by atoms with Gasteiger partial charge in [-0.2, -0.15) is 5.10 Å². The van der Waals surface area contributed by atoms with E-state index in [1.54, 1.807) is 23.1 Å². The number of piperazine rings is 1. The van der Waals surface area contributed by atoms with E-state index in [-0.39, 0.29) is 23.9 Å². The third-order valence-corrected chi connectivity index (χ3v) is 6.28. The number of carbonyl (C=O) groups is 2. The summed E-state index contributed by atoms with van der Waals surface area (Å²) >= 11 is 0. The molecule has 34 heavy (non-hydrogen) atoms. The number of nitrogens with one attached hydrogen (secondary N) is 1. The number of nitrogens with zero attached hydrogens (tertiary/aromatic N) is 4. The largest absolute Gasteiger partial charge is 0.335 e. The van der Waals surface area contributed by atoms with Gasteiger partial charge in [0.2, 0.25) is 5.91 Å². The van der Waals surface area contributed by atoms with E-state index in [9.17, 15) is 14.4 Å². The van der Waals surface area contributed by atoms with Gasteiger partial charge in [0.15, 0.2) is 5.69 Å². The van der Waals surface area contributed by atoms with E-state index in [2.05, 4.69) is 15.3 Å². The van der Waals surface area contributed by atoms with Gasteiger partial charge in [0, 0.05) is 43.8 Å². The number of aryl methyl sites for hydroxylation is 3. The molecular formula is C26H31N5O3. The fourth-order valence-electron chi connectivity index (χ4n) is 4.41. The first-order chi connectivity index (χ1) is 16.4. The van der Waals surface area contributed by atoms with E-state index in [1.165, 1.54) is 4.68 Å². The first-order valence-electron chi connectivity index (χ1n) is 11.8. The maximum Gasteiger partial charge on any atom is 0.275 e. The van der Waals surface area contributed by atoms with Crippen LogP contribution in [-0.2, 0) is 11.3 Å². The molecule has 0 unspecified atom stereocenters. The maximum absolute atomic E-state index is 13.4. The summed E-state index contributed by atoms with van der Waals surface area (Å²) < 4.78 is 1.39. The number of fused-ring (bicyclic) bond motifs is 1. The number of rotatable bonds is 6. The van der Waals surface area contributed by atoms with Crippen LogP contribution in [0.4, 0.5) is 5.69 Å². The lowest BCUT2D eigenvalue weighted by atomic mass is 10.1. The molecule has 0 saturated carbocycles. The van der Waals surface area contributed by atoms with Gasteiger partial charge in [0.25, 0.3) is 11.5 Å². The summed E-state index contributed by atoms with van der Waals surface area (Å²) in [5.74, 6) is -0.239. The average Bonchev–Trinajstić information content (AvgIpc) is 2.83. The van der Waals surface area contributed by atoms with Crippen molar-refractivity contribution in [2.45, 2.75) is 33.7 Å². The van der Waals surface area contributed by atoms with Crippen molar-refractivity contribution >= 4 is 28.3 Å². The van der Waals surface area contributed by atoms with Crippen molar-refractivity contribution in [3.63, 3.8) is 0 Å². The van der Waals surface area contributed by atoms with Gasteiger partial charge in [-0.15, -0.1) is 0 Å². The summed E-state index contributed by atoms with van der Waals surface area (Å²) in [4.78, 5) is 42.5. The number of benzene rings is 2. The van der Waals surface area contributed by atoms with Gasteiger partial charge in [0.05, 0.1) is 11.9 Å². The van der Waals surface area contributed by atoms with E-state index in [4.69, 9.17) is 0 Å². The van der Waals surface area contributed by atoms with E-state index >= 15 is 0 Å². The van der Waals surface area contributed by atoms with Crippen molar-refractivity contribution in [3.05, 3.63) is 69.6 Å². The Bertz CT molecular complexity index is 1250. The predicted octanol–water partition coefficient (Wildman–Crippen LogP) is 2.82. The fraction of sp³-hybridized carbons (Fsp3) is 0.385. The molecule has 1 saturated heterocycles. The highest BCUT2D eigenvalue weighted by Gasteiger charge is 2.26. The molecule has 1 aromatic heterocycles. The molecule has 1 N–H and O–H groups in total. The predicted molar refractivity (Wildman–Crippen MR) is 133 cm³/mol. The van der Waals surface area contributed by atoms with Crippen LogP contribution in [0, 0.1) is 13.8 Å². The highest BCUT2D eigenvalue weighted by atomic mass is 16.2. The van der Waals surface area contributed by atoms with Crippen molar-refractivity contribution in [3.8, 4) is 0 Å². The summed E-state index contributed by atoms with van der Waals surface area (Å²) in [6.45, 7) is 8.86. The Morgan fingerprint density at radius 1 is 0.941 bits per heavy atom. The quantitative estimate of drug-likeness (QED) is 0.610. The molecule has 4 rings (SSSR count). The fourth-order valence-corrected chi connectivity index (χ4v) is 4.41. The second-order valence-electron chi connectivity index (χ2n) is 8.81. The molecule has 3 aromatic rings. The van der Waals surface area contributed by atoms with Crippen molar-refractivity contribution in [2.24, 2.45) is 0 Å². The van der Waals surface area contributed by atoms with Crippen molar-refractivity contribution in [1.82, 2.24) is 19.6 Å². The first kappa shape index (κ1) is 23.6. The first-order valence-corrected chi connectivity index (χ1v) is 11.8. The van der Waals surface area contributed by atoms with Crippen LogP contribution in [0.25, 0.3) is 10.8 Å². The highest BCUT2D eigenvalue weighted by Crippen LogP contribution is 2.20. The zero-order chi connectivity index (χ0) is 24.2. The van der Waals surface area contributed by atoms with E-state index in [1.807, 2.05) is 45.0 Å². The number of hydrogen-bond acceptors (Lipinski definition) is 5. The van der Waals surface area contributed by atoms with Crippen molar-refractivity contribution < 1.29 is 9.59 Å². The normalized spacial score (nSPS) is 14.4. The van der Waals surface area contributed by atoms with Crippen LogP contribution in [0.2, 0.25) is 0 Å². The summed E-state index contributed by atoms with van der Waals surface area (Å²) in [7, 11) is 0. The smallest absolute Gasteiger partial charge is 0.275 e. The molecule has 0 bridgehead atoms. The third kappa shape index (κ3) is 4.87. The monoisotopic (exact) mass is 461 g/mol. The zero-order valence-electron chi connectivity index (χ0n) is 20.0. The van der Waals surface area contributed by atoms with Gasteiger partial charge in [-0.1, -0.05) is 43.3 Å². The van der Waals surface area contributed by atoms with E-state index in [0.29, 0.717) is 49.2 Å². The van der Waals surface area contributed by atoms with Crippen LogP contribution >= 0.6 is 0 Å². The summed E-state index contributed by atoms with van der Waals surface area (Å²) in [5.41, 5.74) is 3.07. The Hall–Kier alpha value is -3.52. The Morgan fingerprint density at radius 3 is 2.24 bits per heavy atom. The number of aromatic nitrogens is 2. The average molecular weight is 462 g/mol. The molecule has 1 aliphatic rings. The number of hydrogen-bond donors (Lipinski definition) is 1. The second kappa shape index (κ2) is 10.2. The number of amides is 2. The van der Waals surface area contributed by atoms with Gasteiger partial charge in [-0.25, -0.2) is 4.68 Å². The lowest BCUT2D eigenvalue weighted by Crippen LogP contribution is -2.50. The van der Waals surface area contributed by atoms with Crippen molar-refractivity contribution in [2.75, 3.05) is 38.0 Å². The van der Waals surface area contributed by atoms with E-state index < -0.39 is 0 Å². The van der Waals surface area contributed by atoms with Crippen LogP contribution in [0.15, 0.2) is 47.3 Å². The number of para-hydroxylation sites is 1. The van der Waals surface area contributed by atoms with Gasteiger partial charge < -0.3 is 10.2 Å². The molecule has 0 spiro atoms. The van der Waals surface area contributed by atoms with Crippen LogP contribution in [-0.4, -0.2) is 64.1 Å². The molecule has 8 nitrogen and oxygen atoms in total. The topological polar surface area (TPSA) is 87.5 Å². The highest BCUT2D eigenvalue weighted by molar-refractivity contribution is 6.04. The van der Waals surface area contributed by atoms with Gasteiger partial charge >= 0.3 is 0 Å². The molecular weight excluding hydrogens is 430 g/mol. The summed E-state index contributed by atoms with van der Waals surface area (Å²) in [5, 5.41) is 8.55.